The predicted octanol–water partition coefficient (Wildman–Crippen LogP) is 1.13. The van der Waals surface area contributed by atoms with Crippen LogP contribution in [0.3, 0.4) is 0 Å². The van der Waals surface area contributed by atoms with Gasteiger partial charge in [-0.25, -0.2) is 8.42 Å². The third kappa shape index (κ3) is 2.68. The van der Waals surface area contributed by atoms with Gasteiger partial charge in [0.15, 0.2) is 9.84 Å². The number of aliphatic hydroxyl groups is 1. The fraction of sp³-hybridized carbons (Fsp3) is 0.357. The lowest BCUT2D eigenvalue weighted by Crippen LogP contribution is -2.43. The van der Waals surface area contributed by atoms with Crippen molar-refractivity contribution in [3.8, 4) is 0 Å². The van der Waals surface area contributed by atoms with Crippen molar-refractivity contribution in [2.45, 2.75) is 12.1 Å². The second-order valence-corrected chi connectivity index (χ2v) is 8.51. The van der Waals surface area contributed by atoms with Crippen molar-refractivity contribution >= 4 is 37.2 Å². The molecule has 1 N–H and O–H groups in total. The lowest BCUT2D eigenvalue weighted by Gasteiger charge is -2.25. The highest BCUT2D eigenvalue weighted by Crippen LogP contribution is 2.27. The number of hydrogen-bond acceptors (Lipinski definition) is 5. The largest absolute Gasteiger partial charge is 0.390 e. The molecular formula is C14H15NO4S2. The number of aliphatic hydroxyl groups excluding tert-OH is 1. The van der Waals surface area contributed by atoms with Gasteiger partial charge in [0.2, 0.25) is 0 Å². The Morgan fingerprint density at radius 2 is 2.05 bits per heavy atom. The molecule has 1 aromatic carbocycles. The molecule has 2 atom stereocenters. The Hall–Kier alpha value is -1.44. The first-order valence-corrected chi connectivity index (χ1v) is 9.15. The van der Waals surface area contributed by atoms with Crippen LogP contribution in [-0.4, -0.2) is 55.0 Å². The number of amides is 1. The summed E-state index contributed by atoms with van der Waals surface area (Å²) in [6, 6.07) is 8.80. The van der Waals surface area contributed by atoms with Gasteiger partial charge in [0, 0.05) is 11.7 Å². The van der Waals surface area contributed by atoms with Gasteiger partial charge < -0.3 is 10.0 Å². The van der Waals surface area contributed by atoms with E-state index in [2.05, 4.69) is 0 Å². The SMILES string of the molecule is CN(C(=O)c1cc2ccccc2s1)[C@@H]1CS(=O)(=O)C[C@H]1O. The number of benzene rings is 1. The standard InChI is InChI=1S/C14H15NO4S2/c1-15(10-7-21(18,19)8-11(10)16)14(17)13-6-9-4-2-3-5-12(9)20-13/h2-6,10-11,16H,7-8H2,1H3/t10-,11-/m1/s1. The summed E-state index contributed by atoms with van der Waals surface area (Å²) < 4.78 is 24.1. The molecule has 112 valence electrons. The summed E-state index contributed by atoms with van der Waals surface area (Å²) in [5.74, 6) is -0.708. The molecule has 0 unspecified atom stereocenters. The molecule has 0 saturated carbocycles. The molecule has 1 aromatic heterocycles. The molecular weight excluding hydrogens is 310 g/mol. The van der Waals surface area contributed by atoms with Crippen LogP contribution in [0.5, 0.6) is 0 Å². The van der Waals surface area contributed by atoms with E-state index in [1.165, 1.54) is 16.2 Å². The van der Waals surface area contributed by atoms with Crippen molar-refractivity contribution in [2.75, 3.05) is 18.6 Å². The molecule has 1 aliphatic heterocycles. The topological polar surface area (TPSA) is 74.7 Å². The summed E-state index contributed by atoms with van der Waals surface area (Å²) in [7, 11) is -1.73. The first kappa shape index (κ1) is 14.5. The van der Waals surface area contributed by atoms with E-state index in [0.29, 0.717) is 4.88 Å². The number of rotatable bonds is 2. The second kappa shape index (κ2) is 5.08. The van der Waals surface area contributed by atoms with Gasteiger partial charge in [-0.05, 0) is 17.5 Å². The van der Waals surface area contributed by atoms with Gasteiger partial charge in [0.25, 0.3) is 5.91 Å². The number of thiophene rings is 1. The fourth-order valence-electron chi connectivity index (χ4n) is 2.59. The van der Waals surface area contributed by atoms with Crippen molar-refractivity contribution in [3.63, 3.8) is 0 Å². The van der Waals surface area contributed by atoms with Crippen molar-refractivity contribution in [1.82, 2.24) is 4.90 Å². The summed E-state index contributed by atoms with van der Waals surface area (Å²) in [6.07, 6.45) is -1.02. The van der Waals surface area contributed by atoms with Gasteiger partial charge in [-0.1, -0.05) is 18.2 Å². The van der Waals surface area contributed by atoms with E-state index in [9.17, 15) is 18.3 Å². The molecule has 3 rings (SSSR count). The Bertz CT molecular complexity index is 763. The van der Waals surface area contributed by atoms with Gasteiger partial charge in [0.05, 0.1) is 28.5 Å². The zero-order valence-corrected chi connectivity index (χ0v) is 13.0. The van der Waals surface area contributed by atoms with E-state index in [-0.39, 0.29) is 17.4 Å². The maximum atomic E-state index is 12.5. The molecule has 7 heteroatoms. The van der Waals surface area contributed by atoms with E-state index in [0.717, 1.165) is 10.1 Å². The third-order valence-electron chi connectivity index (χ3n) is 3.75. The molecule has 1 aliphatic rings. The Labute approximate surface area is 126 Å². The molecule has 2 aromatic rings. The summed E-state index contributed by atoms with van der Waals surface area (Å²) >= 11 is 1.37. The van der Waals surface area contributed by atoms with Gasteiger partial charge in [-0.15, -0.1) is 11.3 Å². The lowest BCUT2D eigenvalue weighted by molar-refractivity contribution is 0.0585. The number of carbonyl (C=O) groups is 1. The number of likely N-dealkylation sites (N-methyl/N-ethyl adjacent to an activating group) is 1. The van der Waals surface area contributed by atoms with E-state index in [1.54, 1.807) is 13.1 Å². The maximum Gasteiger partial charge on any atom is 0.264 e. The summed E-state index contributed by atoms with van der Waals surface area (Å²) in [6.45, 7) is 0. The van der Waals surface area contributed by atoms with Crippen LogP contribution in [0.4, 0.5) is 0 Å². The fourth-order valence-corrected chi connectivity index (χ4v) is 5.48. The number of nitrogens with zero attached hydrogens (tertiary/aromatic N) is 1. The van der Waals surface area contributed by atoms with E-state index in [1.807, 2.05) is 24.3 Å². The highest BCUT2D eigenvalue weighted by atomic mass is 32.2. The second-order valence-electron chi connectivity index (χ2n) is 5.28. The lowest BCUT2D eigenvalue weighted by atomic mass is 10.2. The van der Waals surface area contributed by atoms with Crippen LogP contribution < -0.4 is 0 Å². The average Bonchev–Trinajstić information content (AvgIpc) is 2.97. The van der Waals surface area contributed by atoms with Gasteiger partial charge in [-0.3, -0.25) is 4.79 Å². The van der Waals surface area contributed by atoms with Gasteiger partial charge in [-0.2, -0.15) is 0 Å². The van der Waals surface area contributed by atoms with Crippen LogP contribution in [0, 0.1) is 0 Å². The Kier molecular flexibility index (Phi) is 3.51. The van der Waals surface area contributed by atoms with Crippen LogP contribution in [0.15, 0.2) is 30.3 Å². The molecule has 2 heterocycles. The minimum absolute atomic E-state index is 0.179. The summed E-state index contributed by atoms with van der Waals surface area (Å²) in [4.78, 5) is 14.4. The summed E-state index contributed by atoms with van der Waals surface area (Å²) in [5, 5.41) is 10.8. The number of carbonyl (C=O) groups excluding carboxylic acids is 1. The zero-order valence-electron chi connectivity index (χ0n) is 11.4. The molecule has 1 saturated heterocycles. The van der Waals surface area contributed by atoms with Crippen molar-refractivity contribution in [1.29, 1.82) is 0 Å². The first-order chi connectivity index (χ1) is 9.87. The van der Waals surface area contributed by atoms with E-state index < -0.39 is 22.0 Å². The molecule has 0 bridgehead atoms. The first-order valence-electron chi connectivity index (χ1n) is 6.51. The minimum Gasteiger partial charge on any atom is -0.390 e. The Balaban J connectivity index is 1.87. The van der Waals surface area contributed by atoms with E-state index in [4.69, 9.17) is 0 Å². The normalized spacial score (nSPS) is 24.3. The van der Waals surface area contributed by atoms with Crippen LogP contribution in [0.25, 0.3) is 10.1 Å². The van der Waals surface area contributed by atoms with Crippen LogP contribution in [0.2, 0.25) is 0 Å². The van der Waals surface area contributed by atoms with Gasteiger partial charge in [0.1, 0.15) is 0 Å². The minimum atomic E-state index is -3.27. The number of sulfone groups is 1. The Morgan fingerprint density at radius 1 is 1.33 bits per heavy atom. The molecule has 21 heavy (non-hydrogen) atoms. The Morgan fingerprint density at radius 3 is 2.67 bits per heavy atom. The van der Waals surface area contributed by atoms with Gasteiger partial charge >= 0.3 is 0 Å². The molecule has 0 aliphatic carbocycles. The third-order valence-corrected chi connectivity index (χ3v) is 6.55. The molecule has 0 spiro atoms. The number of fused-ring (bicyclic) bond motifs is 1. The zero-order chi connectivity index (χ0) is 15.2. The van der Waals surface area contributed by atoms with Crippen LogP contribution in [0.1, 0.15) is 9.67 Å². The summed E-state index contributed by atoms with van der Waals surface area (Å²) in [5.41, 5.74) is 0. The maximum absolute atomic E-state index is 12.5. The predicted molar refractivity (Wildman–Crippen MR) is 82.4 cm³/mol. The molecule has 1 amide bonds. The van der Waals surface area contributed by atoms with Crippen molar-refractivity contribution in [2.24, 2.45) is 0 Å². The molecule has 5 nitrogen and oxygen atoms in total. The molecule has 0 radical (unpaired) electrons. The highest BCUT2D eigenvalue weighted by Gasteiger charge is 2.40. The smallest absolute Gasteiger partial charge is 0.264 e. The quantitative estimate of drug-likeness (QED) is 0.898. The van der Waals surface area contributed by atoms with Crippen molar-refractivity contribution in [3.05, 3.63) is 35.2 Å². The van der Waals surface area contributed by atoms with Crippen LogP contribution >= 0.6 is 11.3 Å². The number of hydrogen-bond donors (Lipinski definition) is 1. The van der Waals surface area contributed by atoms with Crippen molar-refractivity contribution < 1.29 is 18.3 Å². The van der Waals surface area contributed by atoms with E-state index >= 15 is 0 Å². The monoisotopic (exact) mass is 325 g/mol. The highest BCUT2D eigenvalue weighted by molar-refractivity contribution is 7.91. The molecule has 1 fully saturated rings. The average molecular weight is 325 g/mol. The van der Waals surface area contributed by atoms with Crippen LogP contribution in [-0.2, 0) is 9.84 Å².